The molecule has 0 bridgehead atoms. The topological polar surface area (TPSA) is 39.6 Å². The van der Waals surface area contributed by atoms with E-state index in [4.69, 9.17) is 4.98 Å². The molecule has 0 atom stereocenters. The number of aryl methyl sites for hydroxylation is 2. The smallest absolute Gasteiger partial charge is 0.137 e. The van der Waals surface area contributed by atoms with Gasteiger partial charge in [0.1, 0.15) is 5.82 Å². The molecule has 7 aromatic rings. The quantitative estimate of drug-likeness (QED) is 0.230. The second kappa shape index (κ2) is 9.73. The van der Waals surface area contributed by atoms with E-state index < -0.39 is 0 Å². The van der Waals surface area contributed by atoms with Crippen molar-refractivity contribution < 1.29 is 0 Å². The predicted molar refractivity (Wildman–Crippen MR) is 181 cm³/mol. The highest BCUT2D eigenvalue weighted by molar-refractivity contribution is 6.10. The van der Waals surface area contributed by atoms with Gasteiger partial charge in [0.05, 0.1) is 33.8 Å². The number of rotatable bonds is 3. The standard InChI is InChI=1S/C38H30N6/c1-41-34-14-6-7-15-35(34)44(40-41)29-20-19-27-18-17-26-10-2-4-12-32(26)42(36(27)25-29)28-21-22-31-30-11-3-5-13-33(30)43(37(31)24-28)38-16-8-9-23-39-38/h2-16,19-25,40H,17-18H2,1H3. The van der Waals surface area contributed by atoms with E-state index >= 15 is 0 Å². The van der Waals surface area contributed by atoms with Crippen molar-refractivity contribution >= 4 is 55.9 Å². The molecule has 0 amide bonds. The first kappa shape index (κ1) is 25.0. The van der Waals surface area contributed by atoms with Gasteiger partial charge in [-0.1, -0.05) is 66.7 Å². The van der Waals surface area contributed by atoms with E-state index in [1.54, 1.807) is 0 Å². The lowest BCUT2D eigenvalue weighted by atomic mass is 10.0. The number of benzene rings is 5. The molecular weight excluding hydrogens is 540 g/mol. The van der Waals surface area contributed by atoms with Gasteiger partial charge in [0, 0.05) is 35.4 Å². The first-order chi connectivity index (χ1) is 21.7. The minimum absolute atomic E-state index is 0.915. The third kappa shape index (κ3) is 3.75. The van der Waals surface area contributed by atoms with Crippen molar-refractivity contribution in [2.75, 3.05) is 22.0 Å². The molecule has 1 N–H and O–H groups in total. The largest absolute Gasteiger partial charge is 0.310 e. The molecule has 2 aromatic heterocycles. The van der Waals surface area contributed by atoms with Crippen LogP contribution in [0.25, 0.3) is 27.6 Å². The predicted octanol–water partition coefficient (Wildman–Crippen LogP) is 8.75. The maximum atomic E-state index is 4.76. The van der Waals surface area contributed by atoms with Gasteiger partial charge in [0.15, 0.2) is 0 Å². The van der Waals surface area contributed by atoms with Crippen LogP contribution >= 0.6 is 0 Å². The second-order valence-corrected chi connectivity index (χ2v) is 11.5. The van der Waals surface area contributed by atoms with Gasteiger partial charge in [-0.3, -0.25) is 14.6 Å². The third-order valence-corrected chi connectivity index (χ3v) is 8.99. The zero-order valence-corrected chi connectivity index (χ0v) is 24.4. The summed E-state index contributed by atoms with van der Waals surface area (Å²) in [7, 11) is 2.06. The zero-order valence-electron chi connectivity index (χ0n) is 24.4. The van der Waals surface area contributed by atoms with Crippen LogP contribution < -0.4 is 20.5 Å². The fraction of sp³-hybridized carbons (Fsp3) is 0.0789. The van der Waals surface area contributed by atoms with Crippen LogP contribution in [0, 0.1) is 0 Å². The molecule has 0 aliphatic carbocycles. The van der Waals surface area contributed by atoms with Gasteiger partial charge in [-0.15, -0.1) is 5.53 Å². The summed E-state index contributed by atoms with van der Waals surface area (Å²) in [5.74, 6) is 0.915. The number of hydrogen-bond acceptors (Lipinski definition) is 5. The van der Waals surface area contributed by atoms with E-state index in [0.717, 1.165) is 52.4 Å². The van der Waals surface area contributed by atoms with Gasteiger partial charge < -0.3 is 4.90 Å². The zero-order chi connectivity index (χ0) is 29.2. The molecule has 5 aromatic carbocycles. The Morgan fingerprint density at radius 3 is 2.14 bits per heavy atom. The van der Waals surface area contributed by atoms with Crippen LogP contribution in [0.4, 0.5) is 34.1 Å². The fourth-order valence-corrected chi connectivity index (χ4v) is 6.95. The minimum Gasteiger partial charge on any atom is -0.310 e. The van der Waals surface area contributed by atoms with E-state index in [1.807, 2.05) is 12.3 Å². The van der Waals surface area contributed by atoms with Gasteiger partial charge in [-0.25, -0.2) is 4.98 Å². The molecule has 2 aliphatic heterocycles. The number of aromatic nitrogens is 2. The highest BCUT2D eigenvalue weighted by Crippen LogP contribution is 2.46. The Morgan fingerprint density at radius 2 is 1.27 bits per heavy atom. The number of hydrazine groups is 2. The van der Waals surface area contributed by atoms with Gasteiger partial charge in [0.25, 0.3) is 0 Å². The number of para-hydroxylation sites is 4. The Morgan fingerprint density at radius 1 is 0.568 bits per heavy atom. The van der Waals surface area contributed by atoms with Gasteiger partial charge >= 0.3 is 0 Å². The Bertz CT molecular complexity index is 2200. The maximum absolute atomic E-state index is 4.76. The highest BCUT2D eigenvalue weighted by atomic mass is 15.8. The van der Waals surface area contributed by atoms with Gasteiger partial charge in [-0.05, 0) is 84.6 Å². The average molecular weight is 571 g/mol. The summed E-state index contributed by atoms with van der Waals surface area (Å²) < 4.78 is 2.29. The van der Waals surface area contributed by atoms with Crippen molar-refractivity contribution in [3.8, 4) is 5.82 Å². The van der Waals surface area contributed by atoms with Crippen LogP contribution in [-0.2, 0) is 12.8 Å². The van der Waals surface area contributed by atoms with Crippen molar-refractivity contribution in [3.05, 3.63) is 145 Å². The molecule has 0 saturated heterocycles. The van der Waals surface area contributed by atoms with Crippen LogP contribution in [-0.4, -0.2) is 16.6 Å². The number of nitrogens with one attached hydrogen (secondary N) is 1. The van der Waals surface area contributed by atoms with Crippen molar-refractivity contribution in [3.63, 3.8) is 0 Å². The summed E-state index contributed by atoms with van der Waals surface area (Å²) in [6.07, 6.45) is 3.83. The van der Waals surface area contributed by atoms with Gasteiger partial charge in [-0.2, -0.15) is 0 Å². The van der Waals surface area contributed by atoms with E-state index in [0.29, 0.717) is 0 Å². The number of fused-ring (bicyclic) bond motifs is 6. The Labute approximate surface area is 256 Å². The van der Waals surface area contributed by atoms with Crippen molar-refractivity contribution in [2.24, 2.45) is 0 Å². The number of pyridine rings is 1. The van der Waals surface area contributed by atoms with E-state index in [1.165, 1.54) is 33.3 Å². The average Bonchev–Trinajstić information content (AvgIpc) is 3.53. The van der Waals surface area contributed by atoms with Crippen LogP contribution in [0.3, 0.4) is 0 Å². The van der Waals surface area contributed by atoms with Crippen LogP contribution in [0.2, 0.25) is 0 Å². The van der Waals surface area contributed by atoms with Crippen LogP contribution in [0.5, 0.6) is 0 Å². The van der Waals surface area contributed by atoms with E-state index in [-0.39, 0.29) is 0 Å². The van der Waals surface area contributed by atoms with E-state index in [2.05, 4.69) is 153 Å². The molecule has 9 rings (SSSR count). The summed E-state index contributed by atoms with van der Waals surface area (Å²) >= 11 is 0. The fourth-order valence-electron chi connectivity index (χ4n) is 6.95. The summed E-state index contributed by atoms with van der Waals surface area (Å²) in [6.45, 7) is 0. The lowest BCUT2D eigenvalue weighted by Gasteiger charge is -2.29. The Hall–Kier alpha value is -5.59. The lowest BCUT2D eigenvalue weighted by molar-refractivity contribution is 0.737. The lowest BCUT2D eigenvalue weighted by Crippen LogP contribution is -2.39. The number of hydrogen-bond donors (Lipinski definition) is 1. The molecule has 44 heavy (non-hydrogen) atoms. The molecule has 4 heterocycles. The van der Waals surface area contributed by atoms with Gasteiger partial charge in [0.2, 0.25) is 0 Å². The first-order valence-corrected chi connectivity index (χ1v) is 15.1. The molecule has 212 valence electrons. The minimum atomic E-state index is 0.915. The number of nitrogens with zero attached hydrogens (tertiary/aromatic N) is 5. The van der Waals surface area contributed by atoms with Crippen molar-refractivity contribution in [1.82, 2.24) is 15.1 Å². The molecule has 0 fully saturated rings. The maximum Gasteiger partial charge on any atom is 0.137 e. The van der Waals surface area contributed by atoms with Crippen LogP contribution in [0.1, 0.15) is 11.1 Å². The molecule has 0 spiro atoms. The summed E-state index contributed by atoms with van der Waals surface area (Å²) in [5, 5.41) is 6.68. The summed E-state index contributed by atoms with van der Waals surface area (Å²) in [5.41, 5.74) is 15.4. The highest BCUT2D eigenvalue weighted by Gasteiger charge is 2.28. The van der Waals surface area contributed by atoms with Crippen molar-refractivity contribution in [2.45, 2.75) is 12.8 Å². The monoisotopic (exact) mass is 570 g/mol. The SMILES string of the molecule is CN1NN(c2ccc3c(c2)N(c2ccc4c5ccccc5n(-c5ccccn5)c4c2)c2ccccc2CC3)c2ccccc21. The second-order valence-electron chi connectivity index (χ2n) is 11.5. The molecule has 0 radical (unpaired) electrons. The van der Waals surface area contributed by atoms with Crippen LogP contribution in [0.15, 0.2) is 134 Å². The molecule has 0 saturated carbocycles. The summed E-state index contributed by atoms with van der Waals surface area (Å²) in [4.78, 5) is 7.21. The summed E-state index contributed by atoms with van der Waals surface area (Å²) in [6, 6.07) is 45.8. The Balaban J connectivity index is 1.28. The third-order valence-electron chi connectivity index (χ3n) is 8.99. The number of anilines is 6. The molecule has 2 aliphatic rings. The normalized spacial score (nSPS) is 14.1. The van der Waals surface area contributed by atoms with Crippen molar-refractivity contribution in [1.29, 1.82) is 0 Å². The first-order valence-electron chi connectivity index (χ1n) is 15.1. The molecule has 0 unspecified atom stereocenters. The van der Waals surface area contributed by atoms with E-state index in [9.17, 15) is 0 Å². The Kier molecular flexibility index (Phi) is 5.52. The molecular formula is C38H30N6. The molecule has 6 heteroatoms. The molecule has 6 nitrogen and oxygen atoms in total.